The fourth-order valence-electron chi connectivity index (χ4n) is 2.50. The van der Waals surface area contributed by atoms with Crippen LogP contribution >= 0.6 is 0 Å². The molecule has 0 atom stereocenters. The summed E-state index contributed by atoms with van der Waals surface area (Å²) in [6, 6.07) is 14.4. The van der Waals surface area contributed by atoms with Gasteiger partial charge in [0.25, 0.3) is 0 Å². The number of rotatable bonds is 8. The van der Waals surface area contributed by atoms with Gasteiger partial charge in [0.2, 0.25) is 5.91 Å². The molecule has 0 aromatic heterocycles. The molecular weight excluding hydrogens is 305 g/mol. The molecule has 0 aliphatic heterocycles. The number of carbonyl (C=O) groups is 1. The van der Waals surface area contributed by atoms with E-state index in [1.807, 2.05) is 31.3 Å². The van der Waals surface area contributed by atoms with Crippen LogP contribution in [0.4, 0.5) is 4.39 Å². The molecule has 0 spiro atoms. The number of nitrogens with zero attached hydrogens (tertiary/aromatic N) is 1. The molecule has 0 heterocycles. The molecule has 0 radical (unpaired) electrons. The van der Waals surface area contributed by atoms with Gasteiger partial charge in [0.05, 0.1) is 7.11 Å². The van der Waals surface area contributed by atoms with Crippen molar-refractivity contribution in [3.63, 3.8) is 0 Å². The Kier molecular flexibility index (Phi) is 6.79. The zero-order chi connectivity index (χ0) is 17.4. The fourth-order valence-corrected chi connectivity index (χ4v) is 2.50. The SMILES string of the molecule is COc1ccc(CCN(C)C(=O)CCCc2ccc(F)cc2)cc1. The maximum absolute atomic E-state index is 12.8. The Hall–Kier alpha value is -2.36. The van der Waals surface area contributed by atoms with E-state index in [9.17, 15) is 9.18 Å². The summed E-state index contributed by atoms with van der Waals surface area (Å²) in [6.45, 7) is 0.696. The summed E-state index contributed by atoms with van der Waals surface area (Å²) in [6.07, 6.45) is 2.90. The summed E-state index contributed by atoms with van der Waals surface area (Å²) in [5.74, 6) is 0.752. The van der Waals surface area contributed by atoms with Crippen molar-refractivity contribution in [1.29, 1.82) is 0 Å². The molecule has 2 aromatic rings. The van der Waals surface area contributed by atoms with Crippen LogP contribution in [-0.4, -0.2) is 31.5 Å². The number of carbonyl (C=O) groups excluding carboxylic acids is 1. The Morgan fingerprint density at radius 2 is 1.58 bits per heavy atom. The second kappa shape index (κ2) is 9.06. The van der Waals surface area contributed by atoms with Crippen LogP contribution in [0.15, 0.2) is 48.5 Å². The lowest BCUT2D eigenvalue weighted by Crippen LogP contribution is -2.28. The number of methoxy groups -OCH3 is 1. The minimum absolute atomic E-state index is 0.144. The molecule has 128 valence electrons. The van der Waals surface area contributed by atoms with E-state index in [2.05, 4.69) is 0 Å². The lowest BCUT2D eigenvalue weighted by atomic mass is 10.1. The maximum atomic E-state index is 12.8. The van der Waals surface area contributed by atoms with Crippen LogP contribution in [0, 0.1) is 5.82 Å². The van der Waals surface area contributed by atoms with E-state index in [0.29, 0.717) is 13.0 Å². The maximum Gasteiger partial charge on any atom is 0.222 e. The van der Waals surface area contributed by atoms with Gasteiger partial charge in [-0.15, -0.1) is 0 Å². The molecule has 0 saturated carbocycles. The predicted molar refractivity (Wildman–Crippen MR) is 93.7 cm³/mol. The molecule has 0 saturated heterocycles. The first-order valence-corrected chi connectivity index (χ1v) is 8.20. The number of benzene rings is 2. The van der Waals surface area contributed by atoms with E-state index < -0.39 is 0 Å². The summed E-state index contributed by atoms with van der Waals surface area (Å²) in [7, 11) is 3.48. The van der Waals surface area contributed by atoms with Crippen LogP contribution in [0.1, 0.15) is 24.0 Å². The molecule has 0 aliphatic rings. The van der Waals surface area contributed by atoms with Crippen molar-refractivity contribution in [2.75, 3.05) is 20.7 Å². The van der Waals surface area contributed by atoms with E-state index in [1.165, 1.54) is 17.7 Å². The third-order valence-corrected chi connectivity index (χ3v) is 4.09. The number of halogens is 1. The molecule has 0 N–H and O–H groups in total. The van der Waals surface area contributed by atoms with Crippen molar-refractivity contribution in [3.8, 4) is 5.75 Å². The first kappa shape index (κ1) is 18.0. The van der Waals surface area contributed by atoms with E-state index in [-0.39, 0.29) is 11.7 Å². The highest BCUT2D eigenvalue weighted by Crippen LogP contribution is 2.12. The van der Waals surface area contributed by atoms with Crippen molar-refractivity contribution < 1.29 is 13.9 Å². The Labute approximate surface area is 143 Å². The number of aryl methyl sites for hydroxylation is 1. The van der Waals surface area contributed by atoms with Gasteiger partial charge in [-0.25, -0.2) is 4.39 Å². The van der Waals surface area contributed by atoms with Crippen molar-refractivity contribution in [2.45, 2.75) is 25.7 Å². The van der Waals surface area contributed by atoms with Crippen LogP contribution in [0.5, 0.6) is 5.75 Å². The van der Waals surface area contributed by atoms with Crippen LogP contribution < -0.4 is 4.74 Å². The monoisotopic (exact) mass is 329 g/mol. The smallest absolute Gasteiger partial charge is 0.222 e. The zero-order valence-electron chi connectivity index (χ0n) is 14.3. The van der Waals surface area contributed by atoms with Crippen LogP contribution in [0.2, 0.25) is 0 Å². The van der Waals surface area contributed by atoms with Crippen LogP contribution in [-0.2, 0) is 17.6 Å². The fraction of sp³-hybridized carbons (Fsp3) is 0.350. The molecular formula is C20H24FNO2. The second-order valence-electron chi connectivity index (χ2n) is 5.89. The highest BCUT2D eigenvalue weighted by atomic mass is 19.1. The topological polar surface area (TPSA) is 29.5 Å². The quantitative estimate of drug-likeness (QED) is 0.736. The molecule has 0 fully saturated rings. The van der Waals surface area contributed by atoms with Crippen molar-refractivity contribution in [1.82, 2.24) is 4.90 Å². The van der Waals surface area contributed by atoms with Crippen LogP contribution in [0.3, 0.4) is 0 Å². The van der Waals surface area contributed by atoms with Crippen molar-refractivity contribution in [2.24, 2.45) is 0 Å². The van der Waals surface area contributed by atoms with Crippen LogP contribution in [0.25, 0.3) is 0 Å². The molecule has 3 nitrogen and oxygen atoms in total. The van der Waals surface area contributed by atoms with Gasteiger partial charge in [-0.1, -0.05) is 24.3 Å². The van der Waals surface area contributed by atoms with E-state index in [0.717, 1.165) is 30.6 Å². The first-order valence-electron chi connectivity index (χ1n) is 8.20. The van der Waals surface area contributed by atoms with Gasteiger partial charge in [-0.3, -0.25) is 4.79 Å². The summed E-state index contributed by atoms with van der Waals surface area (Å²) in [5, 5.41) is 0. The van der Waals surface area contributed by atoms with Gasteiger partial charge >= 0.3 is 0 Å². The standard InChI is InChI=1S/C20H24FNO2/c1-22(15-14-17-8-12-19(24-2)13-9-17)20(23)5-3-4-16-6-10-18(21)11-7-16/h6-13H,3-5,14-15H2,1-2H3. The lowest BCUT2D eigenvalue weighted by Gasteiger charge is -2.17. The normalized spacial score (nSPS) is 10.5. The minimum Gasteiger partial charge on any atom is -0.497 e. The van der Waals surface area contributed by atoms with E-state index >= 15 is 0 Å². The van der Waals surface area contributed by atoms with Gasteiger partial charge < -0.3 is 9.64 Å². The predicted octanol–water partition coefficient (Wildman–Crippen LogP) is 3.86. The summed E-state index contributed by atoms with van der Waals surface area (Å²) >= 11 is 0. The molecule has 0 aliphatic carbocycles. The Bertz CT molecular complexity index is 638. The molecule has 2 aromatic carbocycles. The summed E-state index contributed by atoms with van der Waals surface area (Å²) in [4.78, 5) is 13.9. The zero-order valence-corrected chi connectivity index (χ0v) is 14.3. The summed E-state index contributed by atoms with van der Waals surface area (Å²) < 4.78 is 18.0. The largest absolute Gasteiger partial charge is 0.497 e. The van der Waals surface area contributed by atoms with Gasteiger partial charge in [0.1, 0.15) is 11.6 Å². The average Bonchev–Trinajstić information content (AvgIpc) is 2.61. The van der Waals surface area contributed by atoms with Crippen molar-refractivity contribution in [3.05, 3.63) is 65.5 Å². The van der Waals surface area contributed by atoms with Gasteiger partial charge in [-0.2, -0.15) is 0 Å². The Morgan fingerprint density at radius 3 is 2.21 bits per heavy atom. The Balaban J connectivity index is 1.70. The average molecular weight is 329 g/mol. The van der Waals surface area contributed by atoms with Gasteiger partial charge in [-0.05, 0) is 54.7 Å². The molecule has 0 unspecified atom stereocenters. The number of hydrogen-bond acceptors (Lipinski definition) is 2. The number of hydrogen-bond donors (Lipinski definition) is 0. The number of ether oxygens (including phenoxy) is 1. The minimum atomic E-state index is -0.229. The van der Waals surface area contributed by atoms with E-state index in [4.69, 9.17) is 4.74 Å². The third-order valence-electron chi connectivity index (χ3n) is 4.09. The third kappa shape index (κ3) is 5.69. The molecule has 4 heteroatoms. The van der Waals surface area contributed by atoms with Gasteiger partial charge in [0.15, 0.2) is 0 Å². The Morgan fingerprint density at radius 1 is 1.00 bits per heavy atom. The molecule has 2 rings (SSSR count). The molecule has 24 heavy (non-hydrogen) atoms. The van der Waals surface area contributed by atoms with Crippen molar-refractivity contribution >= 4 is 5.91 Å². The molecule has 0 bridgehead atoms. The highest BCUT2D eigenvalue weighted by molar-refractivity contribution is 5.75. The van der Waals surface area contributed by atoms with Gasteiger partial charge in [0, 0.05) is 20.0 Å². The first-order chi connectivity index (χ1) is 11.6. The lowest BCUT2D eigenvalue weighted by molar-refractivity contribution is -0.129. The number of amides is 1. The number of likely N-dealkylation sites (N-methyl/N-ethyl adjacent to an activating group) is 1. The van der Waals surface area contributed by atoms with E-state index in [1.54, 1.807) is 24.1 Å². The highest BCUT2D eigenvalue weighted by Gasteiger charge is 2.08. The second-order valence-corrected chi connectivity index (χ2v) is 5.89. The summed E-state index contributed by atoms with van der Waals surface area (Å²) in [5.41, 5.74) is 2.24. The molecule has 1 amide bonds.